The Kier molecular flexibility index (Phi) is 22.4. The number of rotatable bonds is 28. The third-order valence-electron chi connectivity index (χ3n) is 8.65. The number of ketones is 1. The molecule has 1 aromatic heterocycles. The molecule has 2 rings (SSSR count). The fourth-order valence-electron chi connectivity index (χ4n) is 5.51. The van der Waals surface area contributed by atoms with Crippen LogP contribution in [-0.2, 0) is 23.1 Å². The lowest BCUT2D eigenvalue weighted by molar-refractivity contribution is -0.144. The molecular formula is C39H58F2N7O7P. The molecule has 56 heavy (non-hydrogen) atoms. The monoisotopic (exact) mass is 805 g/mol. The molecule has 1 aliphatic heterocycles. The van der Waals surface area contributed by atoms with Crippen LogP contribution in [0.15, 0.2) is 95.1 Å². The van der Waals surface area contributed by atoms with Gasteiger partial charge < -0.3 is 29.5 Å². The number of allylic oxidation sites excluding steroid dienone is 12. The van der Waals surface area contributed by atoms with Crippen molar-refractivity contribution in [2.24, 2.45) is 5.11 Å². The van der Waals surface area contributed by atoms with Crippen molar-refractivity contribution >= 4 is 19.2 Å². The number of aliphatic hydroxyl groups is 1. The van der Waals surface area contributed by atoms with E-state index in [0.717, 1.165) is 57.9 Å². The average molecular weight is 806 g/mol. The number of halogens is 2. The smallest absolute Gasteiger partial charge is 0.351 e. The minimum absolute atomic E-state index is 0.137. The summed E-state index contributed by atoms with van der Waals surface area (Å²) >= 11 is 0. The Hall–Kier alpha value is -4.01. The molecule has 0 radical (unpaired) electrons. The molecule has 1 saturated heterocycles. The lowest BCUT2D eigenvalue weighted by Crippen LogP contribution is -2.48. The summed E-state index contributed by atoms with van der Waals surface area (Å²) in [4.78, 5) is 32.4. The summed E-state index contributed by atoms with van der Waals surface area (Å²) in [7, 11) is -0.994. The number of alkyl halides is 2. The molecule has 3 N–H and O–H groups in total. The Balaban J connectivity index is 1.65. The van der Waals surface area contributed by atoms with E-state index in [4.69, 9.17) is 25.0 Å². The Labute approximate surface area is 328 Å². The van der Waals surface area contributed by atoms with Gasteiger partial charge in [0.15, 0.2) is 6.10 Å². The molecule has 1 unspecified atom stereocenters. The van der Waals surface area contributed by atoms with Gasteiger partial charge in [-0.25, -0.2) is 4.79 Å². The van der Waals surface area contributed by atoms with Gasteiger partial charge in [0.05, 0.1) is 12.8 Å². The van der Waals surface area contributed by atoms with Crippen LogP contribution in [0.25, 0.3) is 10.4 Å². The highest BCUT2D eigenvalue weighted by Gasteiger charge is 2.67. The summed E-state index contributed by atoms with van der Waals surface area (Å²) in [6.45, 7) is 2.13. The molecule has 4 atom stereocenters. The number of carbonyl (C=O) groups excluding carboxylic acids is 1. The molecule has 14 nitrogen and oxygen atoms in total. The van der Waals surface area contributed by atoms with E-state index in [9.17, 15) is 19.3 Å². The predicted octanol–water partition coefficient (Wildman–Crippen LogP) is 8.36. The number of hydrogen-bond donors (Lipinski definition) is 2. The standard InChI is InChI=1S/C39H58F2N7O7P/c1-4-5-6-7-8-9-10-11-12-13-14-15-16-17-18-19-20-21-22-25-33(49)26-23-28-47(2)29-24-31-56(52,53-3)54-32-38(45-46-43)35(50)39(40,41)36(55-38)48-30-27-34(42)44-37(48)51/h5-6,8-9,11-12,14-15,17-18,20-21,27,30,35-36,50H,4,7,10,13,16,19,22-26,28-29,31-32H2,1-3H3,(H2,42,44,51)/b6-5-,9-8-,12-11-,15-14-,18-17-,21-20-/t35-,36-,38-,56?/m1/s1. The first-order valence-corrected chi connectivity index (χ1v) is 20.6. The van der Waals surface area contributed by atoms with Crippen molar-refractivity contribution in [1.29, 1.82) is 0 Å². The van der Waals surface area contributed by atoms with Gasteiger partial charge in [-0.3, -0.25) is 13.9 Å². The Morgan fingerprint density at radius 1 is 1.04 bits per heavy atom. The molecule has 0 amide bonds. The van der Waals surface area contributed by atoms with E-state index in [2.05, 4.69) is 88.8 Å². The van der Waals surface area contributed by atoms with Gasteiger partial charge in [-0.1, -0.05) is 85.0 Å². The lowest BCUT2D eigenvalue weighted by atomic mass is 10.1. The molecule has 2 heterocycles. The topological polar surface area (TPSA) is 195 Å². The molecule has 1 fully saturated rings. The van der Waals surface area contributed by atoms with Crippen LogP contribution in [0.1, 0.15) is 83.8 Å². The fourth-order valence-corrected chi connectivity index (χ4v) is 6.84. The van der Waals surface area contributed by atoms with Crippen LogP contribution in [0.4, 0.5) is 14.6 Å². The van der Waals surface area contributed by atoms with Crippen LogP contribution in [0, 0.1) is 0 Å². The van der Waals surface area contributed by atoms with Crippen LogP contribution < -0.4 is 11.4 Å². The number of aliphatic hydroxyl groups excluding tert-OH is 1. The minimum atomic E-state index is -4.16. The highest BCUT2D eigenvalue weighted by Crippen LogP contribution is 2.53. The number of hydrogen-bond acceptors (Lipinski definition) is 11. The fraction of sp³-hybridized carbons (Fsp3) is 0.564. The molecular weight excluding hydrogens is 747 g/mol. The quantitative estimate of drug-likeness (QED) is 0.0273. The molecule has 0 aromatic carbocycles. The summed E-state index contributed by atoms with van der Waals surface area (Å²) in [5, 5.41) is 13.8. The van der Waals surface area contributed by atoms with Gasteiger partial charge in [-0.05, 0) is 89.5 Å². The molecule has 1 aromatic rings. The van der Waals surface area contributed by atoms with Crippen LogP contribution in [0.5, 0.6) is 0 Å². The van der Waals surface area contributed by atoms with Crippen molar-refractivity contribution in [2.45, 2.75) is 102 Å². The summed E-state index contributed by atoms with van der Waals surface area (Å²) < 4.78 is 59.8. The predicted molar refractivity (Wildman–Crippen MR) is 215 cm³/mol. The molecule has 17 heteroatoms. The van der Waals surface area contributed by atoms with E-state index >= 15 is 8.78 Å². The third kappa shape index (κ3) is 17.0. The molecule has 0 aliphatic carbocycles. The van der Waals surface area contributed by atoms with Crippen LogP contribution in [0.3, 0.4) is 0 Å². The summed E-state index contributed by atoms with van der Waals surface area (Å²) in [6, 6.07) is 1.07. The average Bonchev–Trinajstić information content (AvgIpc) is 3.35. The number of nitrogens with two attached hydrogens (primary N) is 1. The number of nitrogen functional groups attached to an aromatic ring is 1. The second-order valence-electron chi connectivity index (χ2n) is 13.2. The minimum Gasteiger partial charge on any atom is -0.383 e. The Morgan fingerprint density at radius 3 is 2.12 bits per heavy atom. The zero-order chi connectivity index (χ0) is 41.3. The SMILES string of the molecule is CC/C=C\C/C=C\C/C=C\C/C=C\C/C=C\C/C=C\CCC(=O)CCCN(C)CCCP(=O)(OC)OC[C@@]1(N=[N+]=[N-])O[C@@H](n2ccc(N)nc2=O)C(F)(F)[C@@H]1O. The second kappa shape index (κ2) is 26.0. The summed E-state index contributed by atoms with van der Waals surface area (Å²) in [5.74, 6) is -4.22. The van der Waals surface area contributed by atoms with Crippen molar-refractivity contribution in [2.75, 3.05) is 45.7 Å². The number of Topliss-reactive ketones (excluding diaryl/α,β-unsaturated/α-hetero) is 1. The first-order chi connectivity index (χ1) is 26.8. The van der Waals surface area contributed by atoms with Gasteiger partial charge >= 0.3 is 19.2 Å². The van der Waals surface area contributed by atoms with E-state index in [-0.39, 0.29) is 17.8 Å². The number of nitrogens with zero attached hydrogens (tertiary/aromatic N) is 6. The molecule has 0 saturated carbocycles. The number of anilines is 1. The number of carbonyl (C=O) groups is 1. The molecule has 0 spiro atoms. The van der Waals surface area contributed by atoms with Crippen molar-refractivity contribution < 1.29 is 37.0 Å². The Morgan fingerprint density at radius 2 is 1.59 bits per heavy atom. The maximum Gasteiger partial charge on any atom is 0.351 e. The number of azide groups is 1. The molecule has 1 aliphatic rings. The van der Waals surface area contributed by atoms with E-state index in [1.54, 1.807) is 0 Å². The van der Waals surface area contributed by atoms with Crippen molar-refractivity contribution in [3.05, 3.63) is 106 Å². The van der Waals surface area contributed by atoms with Gasteiger partial charge in [-0.15, -0.1) is 0 Å². The van der Waals surface area contributed by atoms with E-state index in [0.29, 0.717) is 49.8 Å². The van der Waals surface area contributed by atoms with Crippen molar-refractivity contribution in [3.63, 3.8) is 0 Å². The van der Waals surface area contributed by atoms with E-state index in [1.165, 1.54) is 0 Å². The van der Waals surface area contributed by atoms with E-state index in [1.807, 2.05) is 18.0 Å². The number of aromatic nitrogens is 2. The second-order valence-corrected chi connectivity index (χ2v) is 15.5. The highest BCUT2D eigenvalue weighted by atomic mass is 31.2. The summed E-state index contributed by atoms with van der Waals surface area (Å²) in [6.07, 6.45) is 29.4. The van der Waals surface area contributed by atoms with Gasteiger partial charge in [-0.2, -0.15) is 13.8 Å². The van der Waals surface area contributed by atoms with Crippen LogP contribution in [-0.4, -0.2) is 83.1 Å². The zero-order valence-corrected chi connectivity index (χ0v) is 33.6. The largest absolute Gasteiger partial charge is 0.383 e. The first-order valence-electron chi connectivity index (χ1n) is 18.9. The zero-order valence-electron chi connectivity index (χ0n) is 32.7. The van der Waals surface area contributed by atoms with Crippen molar-refractivity contribution in [3.8, 4) is 0 Å². The number of ether oxygens (including phenoxy) is 1. The first kappa shape index (κ1) is 48.1. The third-order valence-corrected chi connectivity index (χ3v) is 10.6. The van der Waals surface area contributed by atoms with Gasteiger partial charge in [0, 0.05) is 31.1 Å². The van der Waals surface area contributed by atoms with Gasteiger partial charge in [0.25, 0.3) is 0 Å². The van der Waals surface area contributed by atoms with Crippen molar-refractivity contribution in [1.82, 2.24) is 14.5 Å². The van der Waals surface area contributed by atoms with Crippen LogP contribution >= 0.6 is 7.60 Å². The van der Waals surface area contributed by atoms with E-state index < -0.39 is 43.9 Å². The molecule has 310 valence electrons. The van der Waals surface area contributed by atoms with Crippen LogP contribution in [0.2, 0.25) is 0 Å². The van der Waals surface area contributed by atoms with Gasteiger partial charge in [0.1, 0.15) is 11.6 Å². The molecule has 0 bridgehead atoms. The maximum absolute atomic E-state index is 15.2. The Bertz CT molecular complexity index is 1690. The normalized spacial score (nSPS) is 21.1. The van der Waals surface area contributed by atoms with Gasteiger partial charge in [0.2, 0.25) is 12.0 Å². The maximum atomic E-state index is 15.2. The summed E-state index contributed by atoms with van der Waals surface area (Å²) in [5.41, 5.74) is 10.6. The highest BCUT2D eigenvalue weighted by molar-refractivity contribution is 7.53. The lowest BCUT2D eigenvalue weighted by Gasteiger charge is -2.28.